The maximum Gasteiger partial charge on any atom is 0.179 e. The largest absolute Gasteiger partial charge is 0.379 e. The Bertz CT molecular complexity index is 878. The number of pyridine rings is 2. The Morgan fingerprint density at radius 3 is 2.48 bits per heavy atom. The van der Waals surface area contributed by atoms with Crippen molar-refractivity contribution >= 4 is 38.2 Å². The van der Waals surface area contributed by atoms with E-state index in [1.165, 1.54) is 12.5 Å². The van der Waals surface area contributed by atoms with E-state index in [1.54, 1.807) is 12.1 Å². The molecule has 1 aliphatic carbocycles. The van der Waals surface area contributed by atoms with Crippen LogP contribution >= 0.6 is 11.6 Å². The van der Waals surface area contributed by atoms with Gasteiger partial charge in [0.25, 0.3) is 0 Å². The fourth-order valence-electron chi connectivity index (χ4n) is 3.39. The van der Waals surface area contributed by atoms with Crippen LogP contribution in [0.5, 0.6) is 0 Å². The average Bonchev–Trinajstić information content (AvgIpc) is 2.54. The number of nitrogens with one attached hydrogen (secondary N) is 1. The fraction of sp³-hybridized carbons (Fsp3) is 0.529. The van der Waals surface area contributed by atoms with Crippen LogP contribution in [0.25, 0.3) is 11.0 Å². The van der Waals surface area contributed by atoms with Crippen LogP contribution in [0.3, 0.4) is 0 Å². The van der Waals surface area contributed by atoms with Gasteiger partial charge in [0.2, 0.25) is 0 Å². The van der Waals surface area contributed by atoms with E-state index in [0.29, 0.717) is 27.9 Å². The minimum absolute atomic E-state index is 0.171. The molecule has 1 aliphatic rings. The van der Waals surface area contributed by atoms with Gasteiger partial charge in [-0.2, -0.15) is 0 Å². The molecule has 0 atom stereocenters. The summed E-state index contributed by atoms with van der Waals surface area (Å²) in [6, 6.07) is 4.20. The first-order valence-corrected chi connectivity index (χ1v) is 10.6. The van der Waals surface area contributed by atoms with E-state index in [-0.39, 0.29) is 10.9 Å². The van der Waals surface area contributed by atoms with Gasteiger partial charge in [0.05, 0.1) is 11.2 Å². The van der Waals surface area contributed by atoms with Gasteiger partial charge in [-0.05, 0) is 51.9 Å². The monoisotopic (exact) mass is 382 g/mol. The SMILES string of the molecule is CN(C)[C@H]1CC[C@H](Nc2c(S(C)(=O)=O)cnc3ccc(Cl)nc23)CC1. The van der Waals surface area contributed by atoms with Gasteiger partial charge in [-0.1, -0.05) is 11.6 Å². The molecule has 1 N–H and O–H groups in total. The van der Waals surface area contributed by atoms with Crippen LogP contribution in [0.1, 0.15) is 25.7 Å². The highest BCUT2D eigenvalue weighted by molar-refractivity contribution is 7.90. The molecule has 0 aromatic carbocycles. The first-order chi connectivity index (χ1) is 11.8. The highest BCUT2D eigenvalue weighted by atomic mass is 35.5. The van der Waals surface area contributed by atoms with Gasteiger partial charge >= 0.3 is 0 Å². The van der Waals surface area contributed by atoms with Crippen LogP contribution in [0.2, 0.25) is 5.15 Å². The van der Waals surface area contributed by atoms with E-state index < -0.39 is 9.84 Å². The molecule has 2 aromatic rings. The van der Waals surface area contributed by atoms with Crippen molar-refractivity contribution in [2.24, 2.45) is 0 Å². The summed E-state index contributed by atoms with van der Waals surface area (Å²) in [5.74, 6) is 0. The lowest BCUT2D eigenvalue weighted by molar-refractivity contribution is 0.221. The topological polar surface area (TPSA) is 75.2 Å². The molecule has 2 aromatic heterocycles. The molecule has 0 saturated heterocycles. The van der Waals surface area contributed by atoms with E-state index >= 15 is 0 Å². The van der Waals surface area contributed by atoms with Crippen molar-refractivity contribution in [2.45, 2.75) is 42.7 Å². The zero-order valence-electron chi connectivity index (χ0n) is 14.7. The minimum Gasteiger partial charge on any atom is -0.379 e. The highest BCUT2D eigenvalue weighted by Gasteiger charge is 2.25. The Labute approximate surface area is 153 Å². The smallest absolute Gasteiger partial charge is 0.179 e. The van der Waals surface area contributed by atoms with Crippen LogP contribution in [-0.2, 0) is 9.84 Å². The molecule has 0 amide bonds. The van der Waals surface area contributed by atoms with E-state index in [0.717, 1.165) is 25.7 Å². The molecule has 1 fully saturated rings. The van der Waals surface area contributed by atoms with Gasteiger partial charge < -0.3 is 10.2 Å². The van der Waals surface area contributed by atoms with Crippen LogP contribution < -0.4 is 5.32 Å². The molecule has 2 heterocycles. The normalized spacial score (nSPS) is 21.6. The minimum atomic E-state index is -3.43. The third kappa shape index (κ3) is 4.04. The molecule has 0 spiro atoms. The Hall–Kier alpha value is -1.44. The second-order valence-electron chi connectivity index (χ2n) is 6.88. The van der Waals surface area contributed by atoms with Crippen LogP contribution in [0, 0.1) is 0 Å². The molecule has 0 unspecified atom stereocenters. The lowest BCUT2D eigenvalue weighted by Gasteiger charge is -2.33. The van der Waals surface area contributed by atoms with Gasteiger partial charge in [-0.3, -0.25) is 4.98 Å². The quantitative estimate of drug-likeness (QED) is 0.819. The number of anilines is 1. The zero-order chi connectivity index (χ0) is 18.2. The van der Waals surface area contributed by atoms with E-state index in [2.05, 4.69) is 34.3 Å². The van der Waals surface area contributed by atoms with Crippen LogP contribution in [0.15, 0.2) is 23.2 Å². The van der Waals surface area contributed by atoms with Gasteiger partial charge in [-0.15, -0.1) is 0 Å². The molecule has 25 heavy (non-hydrogen) atoms. The summed E-state index contributed by atoms with van der Waals surface area (Å²) < 4.78 is 24.4. The summed E-state index contributed by atoms with van der Waals surface area (Å²) in [4.78, 5) is 11.0. The number of hydrogen-bond donors (Lipinski definition) is 1. The zero-order valence-corrected chi connectivity index (χ0v) is 16.2. The lowest BCUT2D eigenvalue weighted by Crippen LogP contribution is -2.36. The summed E-state index contributed by atoms with van der Waals surface area (Å²) in [5, 5.41) is 3.75. The Kier molecular flexibility index (Phi) is 5.18. The van der Waals surface area contributed by atoms with Crippen LogP contribution in [0.4, 0.5) is 5.69 Å². The number of sulfone groups is 1. The molecule has 0 radical (unpaired) electrons. The number of aromatic nitrogens is 2. The molecule has 136 valence electrons. The summed E-state index contributed by atoms with van der Waals surface area (Å²) in [6.45, 7) is 0. The van der Waals surface area contributed by atoms with E-state index in [1.807, 2.05) is 0 Å². The Morgan fingerprint density at radius 1 is 1.20 bits per heavy atom. The first-order valence-electron chi connectivity index (χ1n) is 8.34. The molecule has 3 rings (SSSR count). The predicted molar refractivity (Wildman–Crippen MR) is 101 cm³/mol. The van der Waals surface area contributed by atoms with Crippen LogP contribution in [-0.4, -0.2) is 55.7 Å². The first kappa shape index (κ1) is 18.4. The third-order valence-electron chi connectivity index (χ3n) is 4.82. The molecule has 0 aliphatic heterocycles. The maximum atomic E-state index is 12.2. The van der Waals surface area contributed by atoms with Gasteiger partial charge in [-0.25, -0.2) is 13.4 Å². The molecule has 0 bridgehead atoms. The summed E-state index contributed by atoms with van der Waals surface area (Å²) in [5.41, 5.74) is 1.65. The number of halogens is 1. The average molecular weight is 383 g/mol. The van der Waals surface area contributed by atoms with Gasteiger partial charge in [0, 0.05) is 24.5 Å². The van der Waals surface area contributed by atoms with Gasteiger partial charge in [0.15, 0.2) is 9.84 Å². The van der Waals surface area contributed by atoms with Crippen molar-refractivity contribution in [1.29, 1.82) is 0 Å². The van der Waals surface area contributed by atoms with Gasteiger partial charge in [0.1, 0.15) is 15.6 Å². The summed E-state index contributed by atoms with van der Waals surface area (Å²) in [6.07, 6.45) is 6.72. The summed E-state index contributed by atoms with van der Waals surface area (Å²) in [7, 11) is 0.770. The molecular weight excluding hydrogens is 360 g/mol. The lowest BCUT2D eigenvalue weighted by atomic mass is 9.90. The predicted octanol–water partition coefficient (Wildman–Crippen LogP) is 2.97. The molecular formula is C17H23ClN4O2S. The van der Waals surface area contributed by atoms with Crippen molar-refractivity contribution in [2.75, 3.05) is 25.7 Å². The number of hydrogen-bond acceptors (Lipinski definition) is 6. The van der Waals surface area contributed by atoms with E-state index in [9.17, 15) is 8.42 Å². The number of nitrogens with zero attached hydrogens (tertiary/aromatic N) is 3. The molecule has 6 nitrogen and oxygen atoms in total. The highest BCUT2D eigenvalue weighted by Crippen LogP contribution is 2.32. The molecule has 8 heteroatoms. The molecule has 1 saturated carbocycles. The van der Waals surface area contributed by atoms with Crippen molar-refractivity contribution in [3.8, 4) is 0 Å². The third-order valence-corrected chi connectivity index (χ3v) is 6.14. The van der Waals surface area contributed by atoms with Crippen molar-refractivity contribution in [3.05, 3.63) is 23.5 Å². The maximum absolute atomic E-state index is 12.2. The Balaban J connectivity index is 1.98. The fourth-order valence-corrected chi connectivity index (χ4v) is 4.30. The standard InChI is InChI=1S/C17H23ClN4O2S/c1-22(2)12-6-4-11(5-7-12)20-17-14(25(3,23)24)10-19-13-8-9-15(18)21-16(13)17/h8-12H,4-7H2,1-3H3,(H,19,20)/t11-,12-. The van der Waals surface area contributed by atoms with Crippen molar-refractivity contribution in [3.63, 3.8) is 0 Å². The van der Waals surface area contributed by atoms with Crippen molar-refractivity contribution < 1.29 is 8.42 Å². The number of fused-ring (bicyclic) bond motifs is 1. The van der Waals surface area contributed by atoms with E-state index in [4.69, 9.17) is 11.6 Å². The summed E-state index contributed by atoms with van der Waals surface area (Å²) >= 11 is 6.03. The number of rotatable bonds is 4. The second-order valence-corrected chi connectivity index (χ2v) is 9.26. The Morgan fingerprint density at radius 2 is 1.88 bits per heavy atom. The second kappa shape index (κ2) is 7.05. The van der Waals surface area contributed by atoms with Crippen molar-refractivity contribution in [1.82, 2.24) is 14.9 Å².